The number of fused-ring (bicyclic) bond motifs is 1. The molecule has 2 aromatic heterocycles. The van der Waals surface area contributed by atoms with E-state index in [1.54, 1.807) is 12.1 Å². The fourth-order valence-electron chi connectivity index (χ4n) is 5.12. The van der Waals surface area contributed by atoms with Crippen LogP contribution >= 0.6 is 7.60 Å². The van der Waals surface area contributed by atoms with E-state index in [1.807, 2.05) is 32.2 Å². The monoisotopic (exact) mass is 500 g/mol. The lowest BCUT2D eigenvalue weighted by molar-refractivity contribution is -0.0472. The summed E-state index contributed by atoms with van der Waals surface area (Å²) >= 11 is 0. The van der Waals surface area contributed by atoms with Gasteiger partial charge in [0.1, 0.15) is 5.76 Å². The number of alkyl halides is 2. The van der Waals surface area contributed by atoms with Crippen molar-refractivity contribution in [1.29, 1.82) is 0 Å². The molecule has 35 heavy (non-hydrogen) atoms. The van der Waals surface area contributed by atoms with Gasteiger partial charge in [-0.1, -0.05) is 29.4 Å². The molecule has 0 amide bonds. The van der Waals surface area contributed by atoms with Crippen LogP contribution in [-0.4, -0.2) is 25.4 Å². The van der Waals surface area contributed by atoms with E-state index in [-0.39, 0.29) is 24.1 Å². The van der Waals surface area contributed by atoms with Gasteiger partial charge in [0, 0.05) is 47.6 Å². The summed E-state index contributed by atoms with van der Waals surface area (Å²) < 4.78 is 46.5. The smallest absolute Gasteiger partial charge is 0.356 e. The number of rotatable bonds is 5. The summed E-state index contributed by atoms with van der Waals surface area (Å²) in [5.41, 5.74) is 5.41. The van der Waals surface area contributed by atoms with E-state index in [9.17, 15) is 23.1 Å². The lowest BCUT2D eigenvalue weighted by Gasteiger charge is -2.28. The molecule has 0 atom stereocenters. The minimum absolute atomic E-state index is 0.0335. The Kier molecular flexibility index (Phi) is 5.94. The first-order chi connectivity index (χ1) is 16.5. The first kappa shape index (κ1) is 23.9. The van der Waals surface area contributed by atoms with Crippen LogP contribution in [0.4, 0.5) is 8.78 Å². The zero-order valence-electron chi connectivity index (χ0n) is 19.5. The maximum atomic E-state index is 13.7. The molecule has 0 unspecified atom stereocenters. The molecule has 0 bridgehead atoms. The van der Waals surface area contributed by atoms with Gasteiger partial charge in [0.25, 0.3) is 0 Å². The number of hydrogen-bond donors (Lipinski definition) is 2. The van der Waals surface area contributed by atoms with Crippen molar-refractivity contribution in [2.75, 3.05) is 0 Å². The Morgan fingerprint density at radius 3 is 2.34 bits per heavy atom. The van der Waals surface area contributed by atoms with Crippen LogP contribution in [0, 0.1) is 19.8 Å². The third-order valence-corrected chi connectivity index (χ3v) is 7.98. The number of aromatic nitrogens is 2. The molecular weight excluding hydrogens is 473 g/mol. The number of nitrogens with zero attached hydrogens (tertiary/aromatic N) is 2. The highest BCUT2D eigenvalue weighted by Crippen LogP contribution is 2.40. The summed E-state index contributed by atoms with van der Waals surface area (Å²) in [5, 5.41) is 5.01. The first-order valence-corrected chi connectivity index (χ1v) is 13.2. The van der Waals surface area contributed by atoms with Gasteiger partial charge in [0.2, 0.25) is 5.92 Å². The molecule has 1 aliphatic rings. The minimum atomic E-state index is -4.33. The lowest BCUT2D eigenvalue weighted by Crippen LogP contribution is -2.26. The lowest BCUT2D eigenvalue weighted by atomic mass is 9.87. The van der Waals surface area contributed by atoms with Crippen molar-refractivity contribution >= 4 is 23.8 Å². The summed E-state index contributed by atoms with van der Waals surface area (Å²) in [6.07, 6.45) is 2.79. The van der Waals surface area contributed by atoms with Gasteiger partial charge in [-0.05, 0) is 61.9 Å². The second-order valence-electron chi connectivity index (χ2n) is 9.52. The quantitative estimate of drug-likeness (QED) is 0.318. The fourth-order valence-corrected chi connectivity index (χ4v) is 5.66. The summed E-state index contributed by atoms with van der Waals surface area (Å²) in [5.74, 6) is -1.70. The van der Waals surface area contributed by atoms with E-state index in [0.29, 0.717) is 19.4 Å². The molecule has 2 heterocycles. The van der Waals surface area contributed by atoms with Gasteiger partial charge >= 0.3 is 7.60 Å². The molecule has 184 valence electrons. The van der Waals surface area contributed by atoms with Crippen LogP contribution in [0.1, 0.15) is 37.1 Å². The summed E-state index contributed by atoms with van der Waals surface area (Å²) in [4.78, 5) is 18.9. The molecule has 9 heteroatoms. The second-order valence-corrected chi connectivity index (χ2v) is 11.1. The van der Waals surface area contributed by atoms with Gasteiger partial charge in [-0.15, -0.1) is 0 Å². The number of halogens is 2. The Balaban J connectivity index is 1.59. The van der Waals surface area contributed by atoms with Crippen LogP contribution in [0.25, 0.3) is 33.2 Å². The zero-order chi connectivity index (χ0) is 25.0. The Bertz CT molecular complexity index is 1410. The molecule has 0 radical (unpaired) electrons. The van der Waals surface area contributed by atoms with Gasteiger partial charge in [-0.2, -0.15) is 0 Å². The average molecular weight is 500 g/mol. The first-order valence-electron chi connectivity index (χ1n) is 11.6. The Morgan fingerprint density at radius 2 is 1.74 bits per heavy atom. The van der Waals surface area contributed by atoms with Gasteiger partial charge in [0.15, 0.2) is 0 Å². The predicted molar refractivity (Wildman–Crippen MR) is 131 cm³/mol. The van der Waals surface area contributed by atoms with Crippen molar-refractivity contribution in [2.24, 2.45) is 5.92 Å². The van der Waals surface area contributed by atoms with E-state index in [1.165, 1.54) is 12.1 Å². The van der Waals surface area contributed by atoms with E-state index in [2.05, 4.69) is 15.8 Å². The largest absolute Gasteiger partial charge is 0.361 e. The van der Waals surface area contributed by atoms with Crippen molar-refractivity contribution < 1.29 is 27.7 Å². The zero-order valence-corrected chi connectivity index (χ0v) is 20.4. The molecule has 2 N–H and O–H groups in total. The fraction of sp³-hybridized carbons (Fsp3) is 0.346. The van der Waals surface area contributed by atoms with Crippen LogP contribution in [0.5, 0.6) is 0 Å². The molecular formula is C26H27F2N2O4P. The summed E-state index contributed by atoms with van der Waals surface area (Å²) in [7, 11) is -4.33. The van der Waals surface area contributed by atoms with Crippen molar-refractivity contribution in [3.8, 4) is 22.3 Å². The minimum Gasteiger partial charge on any atom is -0.361 e. The van der Waals surface area contributed by atoms with E-state index >= 15 is 0 Å². The second kappa shape index (κ2) is 8.70. The standard InChI is InChI=1S/C26H27F2N2O4P/c1-16-25(17(2)34-29-16)20-5-8-22-23(19-3-6-21(7-4-19)35(31,32)33)15-30(24(22)13-20)14-18-9-11-26(27,28)12-10-18/h3-8,13,15,18H,9-12,14H2,1-2H3,(H2,31,32,33). The van der Waals surface area contributed by atoms with Crippen molar-refractivity contribution in [1.82, 2.24) is 9.72 Å². The highest BCUT2D eigenvalue weighted by Gasteiger charge is 2.35. The summed E-state index contributed by atoms with van der Waals surface area (Å²) in [6.45, 7) is 4.39. The van der Waals surface area contributed by atoms with E-state index < -0.39 is 13.5 Å². The Hall–Kier alpha value is -2.80. The maximum absolute atomic E-state index is 13.7. The predicted octanol–water partition coefficient (Wildman–Crippen LogP) is 6.21. The van der Waals surface area contributed by atoms with Crippen LogP contribution in [0.2, 0.25) is 0 Å². The molecule has 4 aromatic rings. The Labute approximate surface area is 201 Å². The van der Waals surface area contributed by atoms with Crippen LogP contribution in [-0.2, 0) is 11.1 Å². The molecule has 0 saturated heterocycles. The molecule has 6 nitrogen and oxygen atoms in total. The van der Waals surface area contributed by atoms with Crippen molar-refractivity contribution in [2.45, 2.75) is 52.0 Å². The Morgan fingerprint density at radius 1 is 1.09 bits per heavy atom. The SMILES string of the molecule is Cc1noc(C)c1-c1ccc2c(-c3ccc(P(=O)(O)O)cc3)cn(CC3CCC(F)(F)CC3)c2c1. The molecule has 1 saturated carbocycles. The van der Waals surface area contributed by atoms with Gasteiger partial charge in [0.05, 0.1) is 11.0 Å². The van der Waals surface area contributed by atoms with Gasteiger partial charge < -0.3 is 18.9 Å². The summed E-state index contributed by atoms with van der Waals surface area (Å²) in [6, 6.07) is 12.4. The van der Waals surface area contributed by atoms with Crippen LogP contribution in [0.3, 0.4) is 0 Å². The van der Waals surface area contributed by atoms with E-state index in [0.717, 1.165) is 44.6 Å². The van der Waals surface area contributed by atoms with Crippen LogP contribution < -0.4 is 5.30 Å². The van der Waals surface area contributed by atoms with E-state index in [4.69, 9.17) is 4.52 Å². The highest BCUT2D eigenvalue weighted by atomic mass is 31.2. The number of aryl methyl sites for hydroxylation is 2. The van der Waals surface area contributed by atoms with Gasteiger partial charge in [-0.25, -0.2) is 8.78 Å². The molecule has 0 spiro atoms. The molecule has 0 aliphatic heterocycles. The molecule has 2 aromatic carbocycles. The topological polar surface area (TPSA) is 88.5 Å². The molecule has 1 aliphatic carbocycles. The molecule has 5 rings (SSSR count). The van der Waals surface area contributed by atoms with Crippen molar-refractivity contribution in [3.05, 3.63) is 60.1 Å². The third kappa shape index (κ3) is 4.70. The average Bonchev–Trinajstić information content (AvgIpc) is 3.33. The maximum Gasteiger partial charge on any atom is 0.356 e. The van der Waals surface area contributed by atoms with Crippen LogP contribution in [0.15, 0.2) is 53.2 Å². The number of hydrogen-bond acceptors (Lipinski definition) is 3. The normalized spacial score (nSPS) is 16.7. The highest BCUT2D eigenvalue weighted by molar-refractivity contribution is 7.60. The number of benzene rings is 2. The van der Waals surface area contributed by atoms with Gasteiger partial charge in [-0.3, -0.25) is 4.57 Å². The third-order valence-electron chi connectivity index (χ3n) is 7.01. The molecule has 1 fully saturated rings. The van der Waals surface area contributed by atoms with Crippen molar-refractivity contribution in [3.63, 3.8) is 0 Å².